The summed E-state index contributed by atoms with van der Waals surface area (Å²) in [5.41, 5.74) is 0.599. The fraction of sp³-hybridized carbons (Fsp3) is 0.214. The smallest absolute Gasteiger partial charge is 0.203 e. The number of nitrogens with zero attached hydrogens (tertiary/aromatic N) is 1. The monoisotopic (exact) mass is 262 g/mol. The van der Waals surface area contributed by atoms with Gasteiger partial charge in [0.2, 0.25) is 5.76 Å². The summed E-state index contributed by atoms with van der Waals surface area (Å²) < 4.78 is 31.1. The largest absolute Gasteiger partial charge is 0.449 e. The van der Waals surface area contributed by atoms with Gasteiger partial charge in [-0.05, 0) is 42.8 Å². The average molecular weight is 262 g/mol. The van der Waals surface area contributed by atoms with Crippen LogP contribution in [0.25, 0.3) is 0 Å². The Balaban J connectivity index is 1.79. The maximum Gasteiger partial charge on any atom is 0.203 e. The lowest BCUT2D eigenvalue weighted by Gasteiger charge is -2.04. The van der Waals surface area contributed by atoms with E-state index in [-0.39, 0.29) is 5.76 Å². The van der Waals surface area contributed by atoms with Crippen LogP contribution in [0.5, 0.6) is 0 Å². The first kappa shape index (κ1) is 13.2. The van der Waals surface area contributed by atoms with Crippen molar-refractivity contribution >= 4 is 0 Å². The molecule has 1 N–H and O–H groups in total. The van der Waals surface area contributed by atoms with Gasteiger partial charge in [-0.3, -0.25) is 0 Å². The topological polar surface area (TPSA) is 49.0 Å². The normalized spacial score (nSPS) is 10.4. The highest BCUT2D eigenvalue weighted by atomic mass is 19.1. The van der Waals surface area contributed by atoms with Crippen LogP contribution in [0.4, 0.5) is 8.78 Å². The number of hydrogen-bond acceptors (Lipinski definition) is 3. The average Bonchev–Trinajstić information content (AvgIpc) is 2.81. The van der Waals surface area contributed by atoms with Gasteiger partial charge in [0, 0.05) is 6.07 Å². The van der Waals surface area contributed by atoms with Crippen molar-refractivity contribution in [1.82, 2.24) is 5.32 Å². The van der Waals surface area contributed by atoms with Crippen molar-refractivity contribution in [2.75, 3.05) is 6.54 Å². The molecule has 0 atom stereocenters. The van der Waals surface area contributed by atoms with Crippen LogP contribution in [0.3, 0.4) is 0 Å². The Kier molecular flexibility index (Phi) is 4.26. The van der Waals surface area contributed by atoms with E-state index in [0.717, 1.165) is 6.07 Å². The molecule has 0 amide bonds. The van der Waals surface area contributed by atoms with E-state index in [9.17, 15) is 8.78 Å². The van der Waals surface area contributed by atoms with E-state index in [1.165, 1.54) is 12.1 Å². The molecule has 0 radical (unpaired) electrons. The summed E-state index contributed by atoms with van der Waals surface area (Å²) in [4.78, 5) is 0. The molecule has 5 heteroatoms. The van der Waals surface area contributed by atoms with E-state index in [4.69, 9.17) is 9.68 Å². The van der Waals surface area contributed by atoms with Gasteiger partial charge in [-0.15, -0.1) is 0 Å². The first-order valence-electron chi connectivity index (χ1n) is 5.82. The molecule has 0 saturated carbocycles. The number of halogens is 2. The third kappa shape index (κ3) is 3.90. The van der Waals surface area contributed by atoms with Crippen molar-refractivity contribution in [2.24, 2.45) is 0 Å². The lowest BCUT2D eigenvalue weighted by Crippen LogP contribution is -2.16. The van der Waals surface area contributed by atoms with E-state index in [2.05, 4.69) is 5.32 Å². The van der Waals surface area contributed by atoms with Gasteiger partial charge >= 0.3 is 0 Å². The van der Waals surface area contributed by atoms with Crippen LogP contribution in [0.2, 0.25) is 0 Å². The molecule has 0 bridgehead atoms. The molecule has 1 heterocycles. The fourth-order valence-electron chi connectivity index (χ4n) is 1.73. The summed E-state index contributed by atoms with van der Waals surface area (Å²) in [5, 5.41) is 11.7. The van der Waals surface area contributed by atoms with Crippen molar-refractivity contribution in [2.45, 2.75) is 13.0 Å². The second kappa shape index (κ2) is 6.12. The molecule has 0 unspecified atom stereocenters. The van der Waals surface area contributed by atoms with Crippen LogP contribution in [0.1, 0.15) is 17.1 Å². The van der Waals surface area contributed by atoms with Gasteiger partial charge in [-0.25, -0.2) is 8.78 Å². The second-order valence-corrected chi connectivity index (χ2v) is 4.08. The molecule has 19 heavy (non-hydrogen) atoms. The van der Waals surface area contributed by atoms with Crippen LogP contribution in [0.15, 0.2) is 34.7 Å². The Morgan fingerprint density at radius 2 is 1.89 bits per heavy atom. The summed E-state index contributed by atoms with van der Waals surface area (Å²) in [6, 6.07) is 8.68. The molecule has 2 rings (SSSR count). The Hall–Kier alpha value is -2.19. The molecule has 1 aromatic heterocycles. The van der Waals surface area contributed by atoms with Gasteiger partial charge in [-0.1, -0.05) is 0 Å². The van der Waals surface area contributed by atoms with Crippen molar-refractivity contribution in [3.05, 3.63) is 59.1 Å². The van der Waals surface area contributed by atoms with E-state index >= 15 is 0 Å². The number of benzene rings is 1. The number of nitriles is 1. The Bertz CT molecular complexity index is 581. The SMILES string of the molecule is N#Cc1ccc(CNCCc2cc(F)cc(F)c2)o1. The predicted molar refractivity (Wildman–Crippen MR) is 65.2 cm³/mol. The summed E-state index contributed by atoms with van der Waals surface area (Å²) in [7, 11) is 0. The van der Waals surface area contributed by atoms with Crippen molar-refractivity contribution in [1.29, 1.82) is 5.26 Å². The van der Waals surface area contributed by atoms with Crippen LogP contribution >= 0.6 is 0 Å². The Morgan fingerprint density at radius 3 is 2.53 bits per heavy atom. The zero-order valence-electron chi connectivity index (χ0n) is 10.1. The number of rotatable bonds is 5. The number of furan rings is 1. The van der Waals surface area contributed by atoms with E-state index < -0.39 is 11.6 Å². The number of nitrogens with one attached hydrogen (secondary N) is 1. The van der Waals surface area contributed by atoms with Gasteiger partial charge in [0.1, 0.15) is 23.5 Å². The Morgan fingerprint density at radius 1 is 1.16 bits per heavy atom. The number of hydrogen-bond donors (Lipinski definition) is 1. The first-order chi connectivity index (χ1) is 9.17. The van der Waals surface area contributed by atoms with Gasteiger partial charge in [0.05, 0.1) is 6.54 Å². The standard InChI is InChI=1S/C14H12F2N2O/c15-11-5-10(6-12(16)7-11)3-4-18-9-14-2-1-13(8-17)19-14/h1-2,5-7,18H,3-4,9H2. The Labute approximate surface area is 109 Å². The van der Waals surface area contributed by atoms with E-state index in [1.54, 1.807) is 12.1 Å². The van der Waals surface area contributed by atoms with Crippen LogP contribution in [-0.4, -0.2) is 6.54 Å². The molecule has 0 fully saturated rings. The second-order valence-electron chi connectivity index (χ2n) is 4.08. The molecule has 0 aliphatic carbocycles. The zero-order chi connectivity index (χ0) is 13.7. The lowest BCUT2D eigenvalue weighted by molar-refractivity contribution is 0.474. The van der Waals surface area contributed by atoms with Crippen LogP contribution in [-0.2, 0) is 13.0 Å². The maximum atomic E-state index is 12.9. The van der Waals surface area contributed by atoms with Crippen molar-refractivity contribution in [3.63, 3.8) is 0 Å². The van der Waals surface area contributed by atoms with E-state index in [0.29, 0.717) is 30.8 Å². The molecule has 3 nitrogen and oxygen atoms in total. The minimum atomic E-state index is -0.570. The molecule has 0 aliphatic rings. The summed E-state index contributed by atoms with van der Waals surface area (Å²) in [6.07, 6.45) is 0.514. The van der Waals surface area contributed by atoms with E-state index in [1.807, 2.05) is 6.07 Å². The summed E-state index contributed by atoms with van der Waals surface area (Å²) >= 11 is 0. The molecule has 0 saturated heterocycles. The first-order valence-corrected chi connectivity index (χ1v) is 5.82. The highest BCUT2D eigenvalue weighted by Crippen LogP contribution is 2.09. The third-order valence-electron chi connectivity index (χ3n) is 2.58. The highest BCUT2D eigenvalue weighted by Gasteiger charge is 2.02. The molecular weight excluding hydrogens is 250 g/mol. The predicted octanol–water partition coefficient (Wildman–Crippen LogP) is 2.76. The molecule has 1 aromatic carbocycles. The van der Waals surface area contributed by atoms with Crippen molar-refractivity contribution in [3.8, 4) is 6.07 Å². The minimum absolute atomic E-state index is 0.268. The molecule has 98 valence electrons. The summed E-state index contributed by atoms with van der Waals surface area (Å²) in [6.45, 7) is 1.03. The van der Waals surface area contributed by atoms with Gasteiger partial charge in [0.25, 0.3) is 0 Å². The van der Waals surface area contributed by atoms with Gasteiger partial charge in [-0.2, -0.15) is 5.26 Å². The molecule has 0 spiro atoms. The quantitative estimate of drug-likeness (QED) is 0.843. The van der Waals surface area contributed by atoms with Crippen molar-refractivity contribution < 1.29 is 13.2 Å². The lowest BCUT2D eigenvalue weighted by atomic mass is 10.1. The highest BCUT2D eigenvalue weighted by molar-refractivity contribution is 5.19. The third-order valence-corrected chi connectivity index (χ3v) is 2.58. The minimum Gasteiger partial charge on any atom is -0.449 e. The van der Waals surface area contributed by atoms with Crippen LogP contribution in [0, 0.1) is 23.0 Å². The van der Waals surface area contributed by atoms with Gasteiger partial charge in [0.15, 0.2) is 0 Å². The molecule has 0 aliphatic heterocycles. The molecule has 2 aromatic rings. The van der Waals surface area contributed by atoms with Crippen LogP contribution < -0.4 is 5.32 Å². The summed E-state index contributed by atoms with van der Waals surface area (Å²) in [5.74, 6) is -0.217. The maximum absolute atomic E-state index is 12.9. The van der Waals surface area contributed by atoms with Gasteiger partial charge < -0.3 is 9.73 Å². The zero-order valence-corrected chi connectivity index (χ0v) is 10.1. The molecular formula is C14H12F2N2O. The fourth-order valence-corrected chi connectivity index (χ4v) is 1.73.